The van der Waals surface area contributed by atoms with E-state index < -0.39 is 5.82 Å². The van der Waals surface area contributed by atoms with E-state index in [1.165, 1.54) is 18.2 Å². The zero-order valence-corrected chi connectivity index (χ0v) is 13.6. The molecule has 2 rings (SSSR count). The van der Waals surface area contributed by atoms with Gasteiger partial charge in [-0.3, -0.25) is 9.78 Å². The average Bonchev–Trinajstić information content (AvgIpc) is 2.58. The number of benzene rings is 1. The molecule has 0 aliphatic carbocycles. The first kappa shape index (κ1) is 17.9. The molecule has 1 N–H and O–H groups in total. The summed E-state index contributed by atoms with van der Waals surface area (Å²) in [5, 5.41) is 2.70. The van der Waals surface area contributed by atoms with Gasteiger partial charge in [-0.2, -0.15) is 0 Å². The number of nitrogens with zero attached hydrogens (tertiary/aromatic N) is 1. The van der Waals surface area contributed by atoms with Gasteiger partial charge in [0.15, 0.2) is 0 Å². The minimum Gasteiger partial charge on any atom is -0.489 e. The number of carbonyl (C=O) groups is 1. The van der Waals surface area contributed by atoms with Gasteiger partial charge in [0, 0.05) is 31.5 Å². The molecule has 0 aliphatic heterocycles. The summed E-state index contributed by atoms with van der Waals surface area (Å²) < 4.78 is 23.8. The highest BCUT2D eigenvalue weighted by Crippen LogP contribution is 2.25. The van der Waals surface area contributed by atoms with E-state index >= 15 is 0 Å². The molecule has 0 saturated carbocycles. The van der Waals surface area contributed by atoms with Gasteiger partial charge in [0.25, 0.3) is 0 Å². The number of nitrogens with one attached hydrogen (secondary N) is 1. The molecule has 0 spiro atoms. The minimum atomic E-state index is -0.433. The lowest BCUT2D eigenvalue weighted by Crippen LogP contribution is -2.14. The SMILES string of the molecule is COCCOc1ccc(F)cc1NC(=O)CCCc1ccccn1. The van der Waals surface area contributed by atoms with Gasteiger partial charge < -0.3 is 14.8 Å². The molecule has 0 saturated heterocycles. The Hall–Kier alpha value is -2.47. The summed E-state index contributed by atoms with van der Waals surface area (Å²) in [6.07, 6.45) is 3.43. The molecular formula is C18H21FN2O3. The van der Waals surface area contributed by atoms with Crippen molar-refractivity contribution in [3.63, 3.8) is 0 Å². The molecule has 1 aromatic carbocycles. The molecule has 2 aromatic rings. The summed E-state index contributed by atoms with van der Waals surface area (Å²) in [7, 11) is 1.57. The van der Waals surface area contributed by atoms with Crippen LogP contribution in [0.4, 0.5) is 10.1 Å². The highest BCUT2D eigenvalue weighted by Gasteiger charge is 2.10. The van der Waals surface area contributed by atoms with Crippen molar-refractivity contribution in [2.45, 2.75) is 19.3 Å². The molecule has 1 aromatic heterocycles. The fourth-order valence-corrected chi connectivity index (χ4v) is 2.15. The van der Waals surface area contributed by atoms with Gasteiger partial charge >= 0.3 is 0 Å². The van der Waals surface area contributed by atoms with Crippen molar-refractivity contribution < 1.29 is 18.7 Å². The number of pyridine rings is 1. The van der Waals surface area contributed by atoms with E-state index in [0.29, 0.717) is 43.9 Å². The van der Waals surface area contributed by atoms with E-state index in [1.807, 2.05) is 18.2 Å². The van der Waals surface area contributed by atoms with Gasteiger partial charge in [-0.15, -0.1) is 0 Å². The molecule has 0 bridgehead atoms. The van der Waals surface area contributed by atoms with Crippen molar-refractivity contribution in [2.75, 3.05) is 25.6 Å². The average molecular weight is 332 g/mol. The monoisotopic (exact) mass is 332 g/mol. The molecule has 0 radical (unpaired) electrons. The van der Waals surface area contributed by atoms with Gasteiger partial charge in [-0.05, 0) is 37.1 Å². The fourth-order valence-electron chi connectivity index (χ4n) is 2.15. The van der Waals surface area contributed by atoms with Crippen LogP contribution in [-0.4, -0.2) is 31.2 Å². The number of anilines is 1. The first-order valence-corrected chi connectivity index (χ1v) is 7.80. The Morgan fingerprint density at radius 1 is 1.25 bits per heavy atom. The number of methoxy groups -OCH3 is 1. The number of rotatable bonds is 9. The van der Waals surface area contributed by atoms with E-state index in [0.717, 1.165) is 5.69 Å². The van der Waals surface area contributed by atoms with Gasteiger partial charge in [-0.25, -0.2) is 4.39 Å². The van der Waals surface area contributed by atoms with E-state index in [-0.39, 0.29) is 5.91 Å². The Bertz CT molecular complexity index is 650. The van der Waals surface area contributed by atoms with Gasteiger partial charge in [0.2, 0.25) is 5.91 Å². The van der Waals surface area contributed by atoms with Gasteiger partial charge in [-0.1, -0.05) is 6.07 Å². The third-order valence-electron chi connectivity index (χ3n) is 3.32. The number of halogens is 1. The number of amides is 1. The molecule has 5 nitrogen and oxygen atoms in total. The lowest BCUT2D eigenvalue weighted by atomic mass is 10.1. The van der Waals surface area contributed by atoms with E-state index in [9.17, 15) is 9.18 Å². The Balaban J connectivity index is 1.86. The maximum atomic E-state index is 13.4. The third-order valence-corrected chi connectivity index (χ3v) is 3.32. The largest absolute Gasteiger partial charge is 0.489 e. The zero-order chi connectivity index (χ0) is 17.2. The van der Waals surface area contributed by atoms with Crippen molar-refractivity contribution in [3.8, 4) is 5.75 Å². The van der Waals surface area contributed by atoms with Crippen molar-refractivity contribution >= 4 is 11.6 Å². The number of carbonyl (C=O) groups excluding carboxylic acids is 1. The standard InChI is InChI=1S/C18H21FN2O3/c1-23-11-12-24-17-9-8-14(19)13-16(17)21-18(22)7-4-6-15-5-2-3-10-20-15/h2-3,5,8-10,13H,4,6-7,11-12H2,1H3,(H,21,22). The molecule has 128 valence electrons. The summed E-state index contributed by atoms with van der Waals surface area (Å²) in [4.78, 5) is 16.3. The quantitative estimate of drug-likeness (QED) is 0.716. The lowest BCUT2D eigenvalue weighted by Gasteiger charge is -2.12. The highest BCUT2D eigenvalue weighted by molar-refractivity contribution is 5.92. The molecule has 0 aliphatic rings. The van der Waals surface area contributed by atoms with Crippen molar-refractivity contribution in [2.24, 2.45) is 0 Å². The molecule has 1 amide bonds. The number of hydrogen-bond donors (Lipinski definition) is 1. The number of aromatic nitrogens is 1. The van der Waals surface area contributed by atoms with E-state index in [4.69, 9.17) is 9.47 Å². The molecule has 1 heterocycles. The second kappa shape index (κ2) is 9.62. The third kappa shape index (κ3) is 5.96. The van der Waals surface area contributed by atoms with Crippen LogP contribution in [0.1, 0.15) is 18.5 Å². The van der Waals surface area contributed by atoms with Gasteiger partial charge in [0.05, 0.1) is 12.3 Å². The van der Waals surface area contributed by atoms with Crippen LogP contribution in [0.3, 0.4) is 0 Å². The first-order chi connectivity index (χ1) is 11.7. The van der Waals surface area contributed by atoms with Crippen LogP contribution in [0.5, 0.6) is 5.75 Å². The molecule has 6 heteroatoms. The second-order valence-electron chi connectivity index (χ2n) is 5.20. The number of ether oxygens (including phenoxy) is 2. The Kier molecular flexibility index (Phi) is 7.17. The summed E-state index contributed by atoms with van der Waals surface area (Å²) in [6, 6.07) is 9.72. The number of hydrogen-bond acceptors (Lipinski definition) is 4. The Labute approximate surface area is 140 Å². The van der Waals surface area contributed by atoms with Crippen LogP contribution in [0, 0.1) is 5.82 Å². The molecule has 0 atom stereocenters. The van der Waals surface area contributed by atoms with Crippen LogP contribution in [0.25, 0.3) is 0 Å². The second-order valence-corrected chi connectivity index (χ2v) is 5.20. The Morgan fingerprint density at radius 2 is 2.12 bits per heavy atom. The number of aryl methyl sites for hydroxylation is 1. The van der Waals surface area contributed by atoms with Crippen LogP contribution in [-0.2, 0) is 16.0 Å². The predicted octanol–water partition coefficient (Wildman–Crippen LogP) is 3.21. The maximum Gasteiger partial charge on any atom is 0.224 e. The van der Waals surface area contributed by atoms with Crippen LogP contribution < -0.4 is 10.1 Å². The van der Waals surface area contributed by atoms with Gasteiger partial charge in [0.1, 0.15) is 18.2 Å². The minimum absolute atomic E-state index is 0.187. The zero-order valence-electron chi connectivity index (χ0n) is 13.6. The van der Waals surface area contributed by atoms with Crippen LogP contribution >= 0.6 is 0 Å². The van der Waals surface area contributed by atoms with Crippen molar-refractivity contribution in [3.05, 3.63) is 54.1 Å². The van der Waals surface area contributed by atoms with E-state index in [1.54, 1.807) is 13.3 Å². The maximum absolute atomic E-state index is 13.4. The summed E-state index contributed by atoms with van der Waals surface area (Å²) in [5.74, 6) is -0.197. The topological polar surface area (TPSA) is 60.5 Å². The molecule has 0 unspecified atom stereocenters. The molecule has 0 fully saturated rings. The summed E-state index contributed by atoms with van der Waals surface area (Å²) in [5.41, 5.74) is 1.27. The van der Waals surface area contributed by atoms with Crippen molar-refractivity contribution in [1.29, 1.82) is 0 Å². The van der Waals surface area contributed by atoms with E-state index in [2.05, 4.69) is 10.3 Å². The van der Waals surface area contributed by atoms with Crippen molar-refractivity contribution in [1.82, 2.24) is 4.98 Å². The first-order valence-electron chi connectivity index (χ1n) is 7.80. The predicted molar refractivity (Wildman–Crippen MR) is 89.6 cm³/mol. The fraction of sp³-hybridized carbons (Fsp3) is 0.333. The Morgan fingerprint density at radius 3 is 2.88 bits per heavy atom. The summed E-state index contributed by atoms with van der Waals surface area (Å²) >= 11 is 0. The lowest BCUT2D eigenvalue weighted by molar-refractivity contribution is -0.116. The smallest absolute Gasteiger partial charge is 0.224 e. The molecular weight excluding hydrogens is 311 g/mol. The molecule has 24 heavy (non-hydrogen) atoms. The van der Waals surface area contributed by atoms with Crippen LogP contribution in [0.2, 0.25) is 0 Å². The highest BCUT2D eigenvalue weighted by atomic mass is 19.1. The summed E-state index contributed by atoms with van der Waals surface area (Å²) in [6.45, 7) is 0.736. The van der Waals surface area contributed by atoms with Crippen LogP contribution in [0.15, 0.2) is 42.6 Å². The normalized spacial score (nSPS) is 10.4.